The molecule has 0 radical (unpaired) electrons. The predicted molar refractivity (Wildman–Crippen MR) is 98.9 cm³/mol. The number of rotatable bonds is 8. The number of nitro benzene ring substituents is 1. The molecule has 1 amide bonds. The number of hydrogen-bond acceptors (Lipinski definition) is 5. The quantitative estimate of drug-likeness (QED) is 0.571. The van der Waals surface area contributed by atoms with Crippen LogP contribution in [-0.2, 0) is 11.2 Å². The van der Waals surface area contributed by atoms with Gasteiger partial charge in [-0.15, -0.1) is 0 Å². The van der Waals surface area contributed by atoms with Crippen LogP contribution in [0, 0.1) is 17.0 Å². The van der Waals surface area contributed by atoms with E-state index in [9.17, 15) is 14.9 Å². The van der Waals surface area contributed by atoms with Gasteiger partial charge in [0, 0.05) is 24.2 Å². The monoisotopic (exact) mass is 358 g/mol. The third kappa shape index (κ3) is 4.95. The molecule has 1 N–H and O–H groups in total. The summed E-state index contributed by atoms with van der Waals surface area (Å²) in [5.74, 6) is 1.15. The van der Waals surface area contributed by atoms with Crippen molar-refractivity contribution >= 4 is 17.3 Å². The van der Waals surface area contributed by atoms with Crippen LogP contribution in [0.2, 0.25) is 0 Å². The zero-order valence-corrected chi connectivity index (χ0v) is 15.1. The van der Waals surface area contributed by atoms with Crippen molar-refractivity contribution < 1.29 is 19.2 Å². The lowest BCUT2D eigenvalue weighted by Crippen LogP contribution is -2.13. The van der Waals surface area contributed by atoms with Crippen LogP contribution in [0.1, 0.15) is 24.5 Å². The second-order valence-corrected chi connectivity index (χ2v) is 5.72. The third-order valence-corrected chi connectivity index (χ3v) is 3.86. The van der Waals surface area contributed by atoms with E-state index in [1.165, 1.54) is 12.1 Å². The van der Waals surface area contributed by atoms with Crippen molar-refractivity contribution in [3.63, 3.8) is 0 Å². The minimum Gasteiger partial charge on any atom is -0.493 e. The summed E-state index contributed by atoms with van der Waals surface area (Å²) in [5, 5.41) is 13.6. The number of aryl methyl sites for hydroxylation is 2. The first-order valence-electron chi connectivity index (χ1n) is 8.29. The molecule has 0 aliphatic heterocycles. The number of anilines is 1. The number of ether oxygens (including phenoxy) is 2. The van der Waals surface area contributed by atoms with E-state index in [4.69, 9.17) is 9.47 Å². The fourth-order valence-corrected chi connectivity index (χ4v) is 2.51. The lowest BCUT2D eigenvalue weighted by molar-refractivity contribution is -0.384. The second-order valence-electron chi connectivity index (χ2n) is 5.72. The van der Waals surface area contributed by atoms with Gasteiger partial charge in [-0.25, -0.2) is 0 Å². The Labute approximate surface area is 152 Å². The van der Waals surface area contributed by atoms with Gasteiger partial charge in [0.15, 0.2) is 11.5 Å². The van der Waals surface area contributed by atoms with Crippen LogP contribution < -0.4 is 14.8 Å². The van der Waals surface area contributed by atoms with Gasteiger partial charge in [0.25, 0.3) is 5.69 Å². The van der Waals surface area contributed by atoms with Gasteiger partial charge in [0.2, 0.25) is 5.91 Å². The molecule has 0 saturated heterocycles. The number of nitro groups is 1. The molecule has 2 rings (SSSR count). The predicted octanol–water partition coefficient (Wildman–Crippen LogP) is 3.88. The topological polar surface area (TPSA) is 90.7 Å². The van der Waals surface area contributed by atoms with Gasteiger partial charge in [-0.2, -0.15) is 0 Å². The minimum absolute atomic E-state index is 0.00184. The average Bonchev–Trinajstić information content (AvgIpc) is 2.62. The van der Waals surface area contributed by atoms with Crippen molar-refractivity contribution in [2.75, 3.05) is 19.0 Å². The SMILES string of the molecule is CCOc1ccc(CCC(=O)Nc2ccc([N+](=O)[O-])cc2C)cc1OC. The molecule has 26 heavy (non-hydrogen) atoms. The molecule has 0 atom stereocenters. The van der Waals surface area contributed by atoms with Crippen LogP contribution in [0.25, 0.3) is 0 Å². The van der Waals surface area contributed by atoms with Crippen molar-refractivity contribution in [3.05, 3.63) is 57.6 Å². The maximum absolute atomic E-state index is 12.2. The highest BCUT2D eigenvalue weighted by Crippen LogP contribution is 2.28. The number of benzene rings is 2. The Kier molecular flexibility index (Phi) is 6.54. The van der Waals surface area contributed by atoms with Crippen molar-refractivity contribution in [1.29, 1.82) is 0 Å². The first-order chi connectivity index (χ1) is 12.4. The number of non-ortho nitro benzene ring substituents is 1. The highest BCUT2D eigenvalue weighted by molar-refractivity contribution is 5.91. The fourth-order valence-electron chi connectivity index (χ4n) is 2.51. The summed E-state index contributed by atoms with van der Waals surface area (Å²) in [6, 6.07) is 9.95. The molecule has 0 saturated carbocycles. The van der Waals surface area contributed by atoms with Crippen LogP contribution in [0.15, 0.2) is 36.4 Å². The van der Waals surface area contributed by atoms with E-state index in [2.05, 4.69) is 5.32 Å². The number of hydrogen-bond donors (Lipinski definition) is 1. The van der Waals surface area contributed by atoms with E-state index in [0.717, 1.165) is 5.56 Å². The normalized spacial score (nSPS) is 10.3. The Hall–Kier alpha value is -3.09. The number of nitrogens with one attached hydrogen (secondary N) is 1. The standard InChI is InChI=1S/C19H22N2O5/c1-4-26-17-9-5-14(12-18(17)25-3)6-10-19(22)20-16-8-7-15(21(23)24)11-13(16)2/h5,7-9,11-12H,4,6,10H2,1-3H3,(H,20,22). The number of carbonyl (C=O) groups excluding carboxylic acids is 1. The van der Waals surface area contributed by atoms with Crippen LogP contribution in [-0.4, -0.2) is 24.5 Å². The smallest absolute Gasteiger partial charge is 0.269 e. The first-order valence-corrected chi connectivity index (χ1v) is 8.29. The molecular weight excluding hydrogens is 336 g/mol. The zero-order chi connectivity index (χ0) is 19.1. The van der Waals surface area contributed by atoms with E-state index in [1.807, 2.05) is 25.1 Å². The number of amides is 1. The maximum Gasteiger partial charge on any atom is 0.269 e. The molecule has 0 fully saturated rings. The van der Waals surface area contributed by atoms with Crippen molar-refractivity contribution in [3.8, 4) is 11.5 Å². The molecule has 0 spiro atoms. The molecule has 7 heteroatoms. The summed E-state index contributed by atoms with van der Waals surface area (Å²) in [4.78, 5) is 22.5. The van der Waals surface area contributed by atoms with Gasteiger partial charge < -0.3 is 14.8 Å². The van der Waals surface area contributed by atoms with E-state index in [1.54, 1.807) is 20.1 Å². The molecular formula is C19H22N2O5. The fraction of sp³-hybridized carbons (Fsp3) is 0.316. The molecule has 2 aromatic rings. The second kappa shape index (κ2) is 8.84. The van der Waals surface area contributed by atoms with Gasteiger partial charge in [-0.3, -0.25) is 14.9 Å². The molecule has 138 valence electrons. The van der Waals surface area contributed by atoms with Crippen LogP contribution in [0.3, 0.4) is 0 Å². The highest BCUT2D eigenvalue weighted by atomic mass is 16.6. The summed E-state index contributed by atoms with van der Waals surface area (Å²) in [7, 11) is 1.58. The average molecular weight is 358 g/mol. The summed E-state index contributed by atoms with van der Waals surface area (Å²) in [6.07, 6.45) is 0.828. The summed E-state index contributed by atoms with van der Waals surface area (Å²) < 4.78 is 10.8. The van der Waals surface area contributed by atoms with Crippen molar-refractivity contribution in [1.82, 2.24) is 0 Å². The van der Waals surface area contributed by atoms with Crippen molar-refractivity contribution in [2.24, 2.45) is 0 Å². The van der Waals surface area contributed by atoms with Gasteiger partial charge in [0.05, 0.1) is 18.6 Å². The summed E-state index contributed by atoms with van der Waals surface area (Å²) in [5.41, 5.74) is 2.18. The highest BCUT2D eigenvalue weighted by Gasteiger charge is 2.11. The summed E-state index contributed by atoms with van der Waals surface area (Å²) in [6.45, 7) is 4.17. The van der Waals surface area contributed by atoms with Crippen molar-refractivity contribution in [2.45, 2.75) is 26.7 Å². The largest absolute Gasteiger partial charge is 0.493 e. The molecule has 7 nitrogen and oxygen atoms in total. The zero-order valence-electron chi connectivity index (χ0n) is 15.1. The Morgan fingerprint density at radius 1 is 1.19 bits per heavy atom. The van der Waals surface area contributed by atoms with Gasteiger partial charge >= 0.3 is 0 Å². The van der Waals surface area contributed by atoms with Crippen LogP contribution in [0.4, 0.5) is 11.4 Å². The molecule has 0 aromatic heterocycles. The van der Waals surface area contributed by atoms with E-state index >= 15 is 0 Å². The molecule has 0 heterocycles. The lowest BCUT2D eigenvalue weighted by Gasteiger charge is -2.11. The number of methoxy groups -OCH3 is 1. The first kappa shape index (κ1) is 19.2. The van der Waals surface area contributed by atoms with Gasteiger partial charge in [-0.1, -0.05) is 6.07 Å². The molecule has 0 aliphatic carbocycles. The Bertz CT molecular complexity index is 805. The van der Waals surface area contributed by atoms with E-state index < -0.39 is 4.92 Å². The number of nitrogens with zero attached hydrogens (tertiary/aromatic N) is 1. The van der Waals surface area contributed by atoms with Crippen LogP contribution >= 0.6 is 0 Å². The van der Waals surface area contributed by atoms with Gasteiger partial charge in [0.1, 0.15) is 0 Å². The Balaban J connectivity index is 1.97. The molecule has 2 aromatic carbocycles. The van der Waals surface area contributed by atoms with Gasteiger partial charge in [-0.05, 0) is 49.6 Å². The summed E-state index contributed by atoms with van der Waals surface area (Å²) >= 11 is 0. The molecule has 0 unspecified atom stereocenters. The number of carbonyl (C=O) groups is 1. The minimum atomic E-state index is -0.460. The lowest BCUT2D eigenvalue weighted by atomic mass is 10.1. The third-order valence-electron chi connectivity index (χ3n) is 3.86. The molecule has 0 aliphatic rings. The molecule has 0 bridgehead atoms. The van der Waals surface area contributed by atoms with E-state index in [0.29, 0.717) is 35.8 Å². The maximum atomic E-state index is 12.2. The van der Waals surface area contributed by atoms with E-state index in [-0.39, 0.29) is 18.0 Å². The van der Waals surface area contributed by atoms with Crippen LogP contribution in [0.5, 0.6) is 11.5 Å². The Morgan fingerprint density at radius 2 is 1.96 bits per heavy atom. The Morgan fingerprint density at radius 3 is 2.58 bits per heavy atom.